The summed E-state index contributed by atoms with van der Waals surface area (Å²) < 4.78 is 0. The molecule has 13 heavy (non-hydrogen) atoms. The lowest BCUT2D eigenvalue weighted by Crippen LogP contribution is -2.23. The van der Waals surface area contributed by atoms with Crippen LogP contribution in [0, 0.1) is 0 Å². The highest BCUT2D eigenvalue weighted by molar-refractivity contribution is 5.51. The second-order valence-corrected chi connectivity index (χ2v) is 3.03. The molecule has 0 saturated heterocycles. The van der Waals surface area contributed by atoms with E-state index in [1.807, 2.05) is 24.1 Å². The second kappa shape index (κ2) is 5.43. The van der Waals surface area contributed by atoms with Gasteiger partial charge < -0.3 is 4.79 Å². The first-order valence-corrected chi connectivity index (χ1v) is 4.34. The summed E-state index contributed by atoms with van der Waals surface area (Å²) in [6, 6.07) is 3.99. The number of aldehydes is 1. The second-order valence-electron chi connectivity index (χ2n) is 3.03. The molecule has 0 saturated carbocycles. The highest BCUT2D eigenvalue weighted by atomic mass is 16.1. The summed E-state index contributed by atoms with van der Waals surface area (Å²) in [4.78, 5) is 16.1. The summed E-state index contributed by atoms with van der Waals surface area (Å²) in [6.07, 6.45) is 5.46. The summed E-state index contributed by atoms with van der Waals surface area (Å²) in [5.74, 6) is 0. The van der Waals surface area contributed by atoms with Crippen molar-refractivity contribution >= 4 is 6.29 Å². The van der Waals surface area contributed by atoms with E-state index in [0.717, 1.165) is 19.3 Å². The van der Waals surface area contributed by atoms with E-state index in [4.69, 9.17) is 0 Å². The number of rotatable bonds is 5. The van der Waals surface area contributed by atoms with Crippen molar-refractivity contribution in [1.29, 1.82) is 0 Å². The average Bonchev–Trinajstić information content (AvgIpc) is 2.17. The van der Waals surface area contributed by atoms with Gasteiger partial charge in [0.05, 0.1) is 6.54 Å². The van der Waals surface area contributed by atoms with Crippen molar-refractivity contribution in [3.63, 3.8) is 0 Å². The Hall–Kier alpha value is -1.22. The fraction of sp³-hybridized carbons (Fsp3) is 0.400. The van der Waals surface area contributed by atoms with E-state index in [1.165, 1.54) is 5.56 Å². The summed E-state index contributed by atoms with van der Waals surface area (Å²) in [5.41, 5.74) is 1.26. The molecule has 0 aromatic carbocycles. The van der Waals surface area contributed by atoms with Gasteiger partial charge in [-0.1, -0.05) is 0 Å². The quantitative estimate of drug-likeness (QED) is 0.624. The minimum Gasteiger partial charge on any atom is -0.302 e. The van der Waals surface area contributed by atoms with Crippen LogP contribution in [0.15, 0.2) is 24.5 Å². The van der Waals surface area contributed by atoms with E-state index in [2.05, 4.69) is 4.98 Å². The minimum atomic E-state index is 0.505. The first-order chi connectivity index (χ1) is 6.33. The number of pyridine rings is 1. The van der Waals surface area contributed by atoms with Crippen molar-refractivity contribution in [2.45, 2.75) is 6.42 Å². The molecule has 0 aliphatic carbocycles. The van der Waals surface area contributed by atoms with Gasteiger partial charge in [-0.15, -0.1) is 0 Å². The molecule has 1 aromatic rings. The van der Waals surface area contributed by atoms with Crippen LogP contribution < -0.4 is 0 Å². The molecule has 0 aliphatic rings. The fourth-order valence-electron chi connectivity index (χ4n) is 1.09. The highest BCUT2D eigenvalue weighted by Crippen LogP contribution is 1.97. The van der Waals surface area contributed by atoms with Gasteiger partial charge in [0.25, 0.3) is 0 Å². The molecule has 0 radical (unpaired) electrons. The normalized spacial score (nSPS) is 10.3. The molecule has 0 amide bonds. The van der Waals surface area contributed by atoms with Gasteiger partial charge >= 0.3 is 0 Å². The molecule has 0 fully saturated rings. The molecule has 70 valence electrons. The number of aromatic nitrogens is 1. The topological polar surface area (TPSA) is 33.2 Å². The predicted molar refractivity (Wildman–Crippen MR) is 51.5 cm³/mol. The lowest BCUT2D eigenvalue weighted by molar-refractivity contribution is -0.108. The van der Waals surface area contributed by atoms with E-state index in [-0.39, 0.29) is 0 Å². The van der Waals surface area contributed by atoms with E-state index in [0.29, 0.717) is 6.54 Å². The van der Waals surface area contributed by atoms with Gasteiger partial charge in [-0.3, -0.25) is 9.88 Å². The van der Waals surface area contributed by atoms with Gasteiger partial charge in [0, 0.05) is 18.9 Å². The number of carbonyl (C=O) groups excluding carboxylic acids is 1. The first kappa shape index (κ1) is 9.86. The van der Waals surface area contributed by atoms with Crippen LogP contribution in [0.2, 0.25) is 0 Å². The molecule has 0 bridgehead atoms. The molecule has 0 N–H and O–H groups in total. The van der Waals surface area contributed by atoms with Crippen molar-refractivity contribution in [1.82, 2.24) is 9.88 Å². The summed E-state index contributed by atoms with van der Waals surface area (Å²) in [7, 11) is 1.94. The molecular weight excluding hydrogens is 164 g/mol. The molecule has 1 aromatic heterocycles. The van der Waals surface area contributed by atoms with E-state index in [1.54, 1.807) is 12.4 Å². The Morgan fingerprint density at radius 3 is 2.77 bits per heavy atom. The molecule has 0 atom stereocenters. The first-order valence-electron chi connectivity index (χ1n) is 4.34. The van der Waals surface area contributed by atoms with Gasteiger partial charge in [0.2, 0.25) is 0 Å². The van der Waals surface area contributed by atoms with Crippen LogP contribution in [0.25, 0.3) is 0 Å². The summed E-state index contributed by atoms with van der Waals surface area (Å²) >= 11 is 0. The summed E-state index contributed by atoms with van der Waals surface area (Å²) in [5, 5.41) is 0. The Morgan fingerprint density at radius 2 is 2.15 bits per heavy atom. The molecule has 3 nitrogen and oxygen atoms in total. The van der Waals surface area contributed by atoms with Crippen LogP contribution in [-0.2, 0) is 11.2 Å². The van der Waals surface area contributed by atoms with E-state index >= 15 is 0 Å². The Morgan fingerprint density at radius 1 is 1.46 bits per heavy atom. The maximum atomic E-state index is 10.2. The number of hydrogen-bond acceptors (Lipinski definition) is 3. The highest BCUT2D eigenvalue weighted by Gasteiger charge is 1.97. The third kappa shape index (κ3) is 3.80. The third-order valence-corrected chi connectivity index (χ3v) is 1.92. The monoisotopic (exact) mass is 178 g/mol. The zero-order chi connectivity index (χ0) is 9.52. The standard InChI is InChI=1S/C10H14N2O/c1-12(8-9-13)7-4-10-2-5-11-6-3-10/h2-3,5-6,9H,4,7-8H2,1H3. The third-order valence-electron chi connectivity index (χ3n) is 1.92. The molecular formula is C10H14N2O. The lowest BCUT2D eigenvalue weighted by atomic mass is 10.2. The largest absolute Gasteiger partial charge is 0.302 e. The smallest absolute Gasteiger partial charge is 0.133 e. The van der Waals surface area contributed by atoms with E-state index < -0.39 is 0 Å². The van der Waals surface area contributed by atoms with Crippen molar-refractivity contribution in [3.8, 4) is 0 Å². The van der Waals surface area contributed by atoms with Gasteiger partial charge in [-0.05, 0) is 31.2 Å². The van der Waals surface area contributed by atoms with Crippen LogP contribution in [0.4, 0.5) is 0 Å². The molecule has 1 heterocycles. The SMILES string of the molecule is CN(CC=O)CCc1ccncc1. The predicted octanol–water partition coefficient (Wildman–Crippen LogP) is 0.755. The van der Waals surface area contributed by atoms with Gasteiger partial charge in [-0.2, -0.15) is 0 Å². The zero-order valence-corrected chi connectivity index (χ0v) is 7.81. The van der Waals surface area contributed by atoms with Crippen LogP contribution in [0.5, 0.6) is 0 Å². The van der Waals surface area contributed by atoms with Crippen LogP contribution in [0.1, 0.15) is 5.56 Å². The van der Waals surface area contributed by atoms with Crippen LogP contribution >= 0.6 is 0 Å². The Balaban J connectivity index is 2.30. The lowest BCUT2D eigenvalue weighted by Gasteiger charge is -2.12. The van der Waals surface area contributed by atoms with Gasteiger partial charge in [0.15, 0.2) is 0 Å². The Kier molecular flexibility index (Phi) is 4.12. The number of likely N-dealkylation sites (N-methyl/N-ethyl adjacent to an activating group) is 1. The van der Waals surface area contributed by atoms with Crippen molar-refractivity contribution < 1.29 is 4.79 Å². The van der Waals surface area contributed by atoms with Crippen LogP contribution in [-0.4, -0.2) is 36.3 Å². The molecule has 1 rings (SSSR count). The summed E-state index contributed by atoms with van der Waals surface area (Å²) in [6.45, 7) is 1.41. The number of hydrogen-bond donors (Lipinski definition) is 0. The maximum absolute atomic E-state index is 10.2. The minimum absolute atomic E-state index is 0.505. The Labute approximate surface area is 78.4 Å². The number of nitrogens with zero attached hydrogens (tertiary/aromatic N) is 2. The maximum Gasteiger partial charge on any atom is 0.133 e. The zero-order valence-electron chi connectivity index (χ0n) is 7.81. The van der Waals surface area contributed by atoms with Crippen molar-refractivity contribution in [3.05, 3.63) is 30.1 Å². The molecule has 0 spiro atoms. The van der Waals surface area contributed by atoms with E-state index in [9.17, 15) is 4.79 Å². The molecule has 0 unspecified atom stereocenters. The van der Waals surface area contributed by atoms with Crippen LogP contribution in [0.3, 0.4) is 0 Å². The van der Waals surface area contributed by atoms with Crippen molar-refractivity contribution in [2.75, 3.05) is 20.1 Å². The molecule has 3 heteroatoms. The Bertz CT molecular complexity index is 248. The average molecular weight is 178 g/mol. The van der Waals surface area contributed by atoms with Gasteiger partial charge in [-0.25, -0.2) is 0 Å². The van der Waals surface area contributed by atoms with Gasteiger partial charge in [0.1, 0.15) is 6.29 Å². The number of carbonyl (C=O) groups is 1. The fourth-order valence-corrected chi connectivity index (χ4v) is 1.09. The molecule has 0 aliphatic heterocycles. The van der Waals surface area contributed by atoms with Crippen molar-refractivity contribution in [2.24, 2.45) is 0 Å².